The molecule has 0 saturated heterocycles. The molecule has 0 unspecified atom stereocenters. The second kappa shape index (κ2) is 1.88. The molecular weight excluding hydrogens is 137 g/mol. The SMILES string of the molecule is NC(=S)P(=O)(O)O. The quantitative estimate of drug-likeness (QED) is 0.335. The molecule has 0 radical (unpaired) electrons. The van der Waals surface area contributed by atoms with Crippen LogP contribution in [-0.4, -0.2) is 14.5 Å². The fourth-order valence-corrected chi connectivity index (χ4v) is 0. The van der Waals surface area contributed by atoms with Crippen LogP contribution in [0.15, 0.2) is 0 Å². The van der Waals surface area contributed by atoms with Gasteiger partial charge in [0.2, 0.25) is 0 Å². The zero-order valence-corrected chi connectivity index (χ0v) is 4.95. The van der Waals surface area contributed by atoms with E-state index < -0.39 is 12.3 Å². The van der Waals surface area contributed by atoms with E-state index in [0.717, 1.165) is 0 Å². The molecule has 0 aromatic carbocycles. The van der Waals surface area contributed by atoms with E-state index in [-0.39, 0.29) is 0 Å². The molecule has 0 fully saturated rings. The van der Waals surface area contributed by atoms with E-state index in [1.54, 1.807) is 0 Å². The minimum atomic E-state index is -4.23. The standard InChI is InChI=1S/CH4NO3PS/c2-1(7)6(3,4)5/h(H2,2,7)(H2,3,4,5). The van der Waals surface area contributed by atoms with Crippen LogP contribution >= 0.6 is 19.8 Å². The summed E-state index contributed by atoms with van der Waals surface area (Å²) < 4.78 is 9.00. The maximum Gasteiger partial charge on any atom is 0.382 e. The summed E-state index contributed by atoms with van der Waals surface area (Å²) in [5.74, 6) is 0. The lowest BCUT2D eigenvalue weighted by atomic mass is 11.5. The molecule has 7 heavy (non-hydrogen) atoms. The molecule has 0 aromatic rings. The molecule has 0 aromatic heterocycles. The second-order valence-corrected chi connectivity index (χ2v) is 3.19. The third kappa shape index (κ3) is 2.70. The minimum Gasteiger partial charge on any atom is -0.383 e. The Hall–Kier alpha value is 0.0400. The smallest absolute Gasteiger partial charge is 0.382 e. The van der Waals surface area contributed by atoms with E-state index in [2.05, 4.69) is 18.0 Å². The molecular formula is CH4NO3PS. The zero-order chi connectivity index (χ0) is 6.08. The highest BCUT2D eigenvalue weighted by molar-refractivity contribution is 7.97. The molecule has 0 spiro atoms. The van der Waals surface area contributed by atoms with Crippen LogP contribution in [0.2, 0.25) is 0 Å². The number of thiocarbonyl (C=S) groups is 1. The summed E-state index contributed by atoms with van der Waals surface area (Å²) in [6, 6.07) is 0. The summed E-state index contributed by atoms with van der Waals surface area (Å²) in [7, 11) is -4.23. The third-order valence-electron chi connectivity index (χ3n) is 0.287. The van der Waals surface area contributed by atoms with Gasteiger partial charge in [0.05, 0.1) is 0 Å². The highest BCUT2D eigenvalue weighted by Gasteiger charge is 2.15. The zero-order valence-electron chi connectivity index (χ0n) is 3.24. The molecule has 0 bridgehead atoms. The van der Waals surface area contributed by atoms with Crippen molar-refractivity contribution in [3.63, 3.8) is 0 Å². The normalized spacial score (nSPS) is 11.1. The third-order valence-corrected chi connectivity index (χ3v) is 1.57. The van der Waals surface area contributed by atoms with Crippen LogP contribution in [0.4, 0.5) is 0 Å². The van der Waals surface area contributed by atoms with Crippen molar-refractivity contribution in [2.75, 3.05) is 0 Å². The van der Waals surface area contributed by atoms with Gasteiger partial charge in [0.25, 0.3) is 0 Å². The van der Waals surface area contributed by atoms with E-state index in [9.17, 15) is 4.57 Å². The van der Waals surface area contributed by atoms with Crippen molar-refractivity contribution in [2.24, 2.45) is 5.73 Å². The first-order chi connectivity index (χ1) is 2.94. The fraction of sp³-hybridized carbons (Fsp3) is 0. The van der Waals surface area contributed by atoms with Crippen LogP contribution in [0.25, 0.3) is 0 Å². The fourth-order valence-electron chi connectivity index (χ4n) is 0. The average molecular weight is 141 g/mol. The predicted octanol–water partition coefficient (Wildman–Crippen LogP) is -0.592. The van der Waals surface area contributed by atoms with Crippen LogP contribution < -0.4 is 5.73 Å². The van der Waals surface area contributed by atoms with Gasteiger partial charge >= 0.3 is 7.60 Å². The van der Waals surface area contributed by atoms with E-state index in [0.29, 0.717) is 0 Å². The number of hydrogen-bond acceptors (Lipinski definition) is 2. The van der Waals surface area contributed by atoms with Crippen molar-refractivity contribution in [3.05, 3.63) is 0 Å². The van der Waals surface area contributed by atoms with Gasteiger partial charge in [-0.3, -0.25) is 4.57 Å². The number of nitrogens with two attached hydrogens (primary N) is 1. The Morgan fingerprint density at radius 2 is 1.86 bits per heavy atom. The molecule has 0 amide bonds. The maximum absolute atomic E-state index is 9.76. The molecule has 42 valence electrons. The summed E-state index contributed by atoms with van der Waals surface area (Å²) in [5.41, 5.74) is 4.54. The molecule has 4 nitrogen and oxygen atoms in total. The summed E-state index contributed by atoms with van der Waals surface area (Å²) in [6.07, 6.45) is 0. The Morgan fingerprint density at radius 1 is 1.71 bits per heavy atom. The van der Waals surface area contributed by atoms with Crippen molar-refractivity contribution < 1.29 is 14.4 Å². The lowest BCUT2D eigenvalue weighted by molar-refractivity contribution is 0.391. The number of rotatable bonds is 1. The lowest BCUT2D eigenvalue weighted by Crippen LogP contribution is -2.06. The minimum absolute atomic E-state index is 0.757. The molecule has 0 heterocycles. The highest BCUT2D eigenvalue weighted by Crippen LogP contribution is 2.33. The number of hydrogen-bond donors (Lipinski definition) is 3. The van der Waals surface area contributed by atoms with Gasteiger partial charge in [0, 0.05) is 0 Å². The molecule has 6 heteroatoms. The Labute approximate surface area is 45.5 Å². The Kier molecular flexibility index (Phi) is 1.89. The lowest BCUT2D eigenvalue weighted by Gasteiger charge is -1.95. The predicted molar refractivity (Wildman–Crippen MR) is 28.8 cm³/mol. The molecule has 0 rings (SSSR count). The first kappa shape index (κ1) is 7.04. The van der Waals surface area contributed by atoms with Crippen LogP contribution in [-0.2, 0) is 4.57 Å². The first-order valence-corrected chi connectivity index (χ1v) is 3.32. The van der Waals surface area contributed by atoms with E-state index in [1.807, 2.05) is 0 Å². The summed E-state index contributed by atoms with van der Waals surface area (Å²) in [4.78, 5) is 15.9. The van der Waals surface area contributed by atoms with E-state index >= 15 is 0 Å². The van der Waals surface area contributed by atoms with Gasteiger partial charge in [-0.1, -0.05) is 12.2 Å². The Bertz CT molecular complexity index is 127. The van der Waals surface area contributed by atoms with Gasteiger partial charge in [-0.25, -0.2) is 0 Å². The van der Waals surface area contributed by atoms with Crippen molar-refractivity contribution >= 4 is 24.5 Å². The second-order valence-electron chi connectivity index (χ2n) is 0.882. The van der Waals surface area contributed by atoms with Crippen LogP contribution in [0.3, 0.4) is 0 Å². The maximum atomic E-state index is 9.76. The van der Waals surface area contributed by atoms with Crippen molar-refractivity contribution in [2.45, 2.75) is 0 Å². The topological polar surface area (TPSA) is 83.6 Å². The van der Waals surface area contributed by atoms with Gasteiger partial charge in [0.15, 0.2) is 4.73 Å². The van der Waals surface area contributed by atoms with Crippen LogP contribution in [0, 0.1) is 0 Å². The molecule has 4 N–H and O–H groups in total. The molecule has 0 saturated carbocycles. The van der Waals surface area contributed by atoms with Crippen LogP contribution in [0.5, 0.6) is 0 Å². The summed E-state index contributed by atoms with van der Waals surface area (Å²) in [6.45, 7) is 0. The van der Waals surface area contributed by atoms with Crippen molar-refractivity contribution in [3.8, 4) is 0 Å². The van der Waals surface area contributed by atoms with Gasteiger partial charge < -0.3 is 15.5 Å². The molecule has 0 aliphatic carbocycles. The van der Waals surface area contributed by atoms with Crippen molar-refractivity contribution in [1.29, 1.82) is 0 Å². The van der Waals surface area contributed by atoms with Gasteiger partial charge in [0.1, 0.15) is 0 Å². The largest absolute Gasteiger partial charge is 0.383 e. The van der Waals surface area contributed by atoms with Gasteiger partial charge in [-0.15, -0.1) is 0 Å². The van der Waals surface area contributed by atoms with E-state index in [4.69, 9.17) is 9.79 Å². The molecule has 0 aliphatic heterocycles. The van der Waals surface area contributed by atoms with Gasteiger partial charge in [-0.05, 0) is 0 Å². The van der Waals surface area contributed by atoms with Gasteiger partial charge in [-0.2, -0.15) is 0 Å². The highest BCUT2D eigenvalue weighted by atomic mass is 32.1. The summed E-state index contributed by atoms with van der Waals surface area (Å²) >= 11 is 3.95. The van der Waals surface area contributed by atoms with E-state index in [1.165, 1.54) is 0 Å². The summed E-state index contributed by atoms with van der Waals surface area (Å²) in [5, 5.41) is 0. The van der Waals surface area contributed by atoms with Crippen LogP contribution in [0.1, 0.15) is 0 Å². The van der Waals surface area contributed by atoms with Crippen molar-refractivity contribution in [1.82, 2.24) is 0 Å². The first-order valence-electron chi connectivity index (χ1n) is 1.30. The average Bonchev–Trinajstić information content (AvgIpc) is 1.31. The monoisotopic (exact) mass is 141 g/mol. The molecule has 0 aliphatic rings. The Morgan fingerprint density at radius 3 is 1.86 bits per heavy atom. The Balaban J connectivity index is 4.09. The molecule has 0 atom stereocenters.